The second-order valence-corrected chi connectivity index (χ2v) is 2.84. The molecule has 11 heavy (non-hydrogen) atoms. The van der Waals surface area contributed by atoms with Gasteiger partial charge in [0, 0.05) is 0 Å². The van der Waals surface area contributed by atoms with Gasteiger partial charge in [0.2, 0.25) is 0 Å². The van der Waals surface area contributed by atoms with E-state index in [4.69, 9.17) is 9.47 Å². The van der Waals surface area contributed by atoms with Gasteiger partial charge in [-0.05, 0) is 0 Å². The lowest BCUT2D eigenvalue weighted by Crippen LogP contribution is -2.30. The highest BCUT2D eigenvalue weighted by molar-refractivity contribution is 4.97. The van der Waals surface area contributed by atoms with E-state index in [0.29, 0.717) is 0 Å². The second-order valence-electron chi connectivity index (χ2n) is 2.84. The summed E-state index contributed by atoms with van der Waals surface area (Å²) < 4.78 is 10.2. The Labute approximate surface area is 63.3 Å². The van der Waals surface area contributed by atoms with E-state index in [9.17, 15) is 10.0 Å². The first-order valence-corrected chi connectivity index (χ1v) is 3.56. The molecule has 0 aromatic carbocycles. The Morgan fingerprint density at radius 3 is 2.73 bits per heavy atom. The fraction of sp³-hybridized carbons (Fsp3) is 1.00. The van der Waals surface area contributed by atoms with Gasteiger partial charge in [-0.25, -0.2) is 0 Å². The predicted octanol–water partition coefficient (Wildman–Crippen LogP) is -0.720. The summed E-state index contributed by atoms with van der Waals surface area (Å²) in [5.74, 6) is 0. The van der Waals surface area contributed by atoms with Gasteiger partial charge >= 0.3 is 0 Å². The first-order valence-electron chi connectivity index (χ1n) is 3.56. The van der Waals surface area contributed by atoms with E-state index in [0.717, 1.165) is 0 Å². The molecule has 1 N–H and O–H groups in total. The zero-order valence-electron chi connectivity index (χ0n) is 5.84. The molecule has 2 heterocycles. The van der Waals surface area contributed by atoms with Crippen LogP contribution in [0.25, 0.3) is 0 Å². The molecular weight excluding hydrogens is 150 g/mol. The number of fused-ring (bicyclic) bond motifs is 1. The van der Waals surface area contributed by atoms with Gasteiger partial charge in [-0.15, -0.1) is 0 Å². The largest absolute Gasteiger partial charge is 0.388 e. The maximum Gasteiger partial charge on any atom is 0.144 e. The molecule has 5 nitrogen and oxygen atoms in total. The Bertz CT molecular complexity index is 174. The molecule has 5 heteroatoms. The van der Waals surface area contributed by atoms with Crippen LogP contribution in [0.15, 0.2) is 5.18 Å². The SMILES string of the molecule is O=NC1CO[C@@H]2[C@H](O)CO[C@H]12. The van der Waals surface area contributed by atoms with Crippen LogP contribution in [-0.4, -0.2) is 42.7 Å². The second kappa shape index (κ2) is 2.51. The molecule has 4 atom stereocenters. The molecule has 62 valence electrons. The molecular formula is C6H9NO4. The van der Waals surface area contributed by atoms with Crippen molar-refractivity contribution in [2.45, 2.75) is 24.4 Å². The third-order valence-corrected chi connectivity index (χ3v) is 2.14. The lowest BCUT2D eigenvalue weighted by molar-refractivity contribution is 0.0182. The molecule has 0 spiro atoms. The summed E-state index contributed by atoms with van der Waals surface area (Å²) in [6, 6.07) is -0.433. The lowest BCUT2D eigenvalue weighted by atomic mass is 10.1. The Morgan fingerprint density at radius 1 is 1.27 bits per heavy atom. The molecule has 2 saturated heterocycles. The number of hydrogen-bond acceptors (Lipinski definition) is 5. The van der Waals surface area contributed by atoms with Gasteiger partial charge < -0.3 is 14.6 Å². The zero-order chi connectivity index (χ0) is 7.84. The van der Waals surface area contributed by atoms with E-state index in [1.165, 1.54) is 0 Å². The molecule has 0 aromatic heterocycles. The average molecular weight is 159 g/mol. The summed E-state index contributed by atoms with van der Waals surface area (Å²) in [5.41, 5.74) is 0. The molecule has 0 amide bonds. The minimum atomic E-state index is -0.591. The zero-order valence-corrected chi connectivity index (χ0v) is 5.84. The summed E-state index contributed by atoms with van der Waals surface area (Å²) in [7, 11) is 0. The van der Waals surface area contributed by atoms with Crippen LogP contribution in [-0.2, 0) is 9.47 Å². The van der Waals surface area contributed by atoms with Gasteiger partial charge in [0.1, 0.15) is 24.4 Å². The van der Waals surface area contributed by atoms with Gasteiger partial charge in [-0.3, -0.25) is 0 Å². The van der Waals surface area contributed by atoms with E-state index in [1.807, 2.05) is 0 Å². The summed E-state index contributed by atoms with van der Waals surface area (Å²) >= 11 is 0. The molecule has 0 aliphatic carbocycles. The highest BCUT2D eigenvalue weighted by Crippen LogP contribution is 2.28. The monoisotopic (exact) mass is 159 g/mol. The summed E-state index contributed by atoms with van der Waals surface area (Å²) in [6.45, 7) is 0.525. The Morgan fingerprint density at radius 2 is 2.00 bits per heavy atom. The van der Waals surface area contributed by atoms with Crippen molar-refractivity contribution in [2.24, 2.45) is 5.18 Å². The first-order chi connectivity index (χ1) is 5.33. The topological polar surface area (TPSA) is 68.1 Å². The summed E-state index contributed by atoms with van der Waals surface area (Å²) in [5, 5.41) is 12.1. The van der Waals surface area contributed by atoms with Crippen molar-refractivity contribution in [3.05, 3.63) is 4.91 Å². The van der Waals surface area contributed by atoms with E-state index in [2.05, 4.69) is 5.18 Å². The van der Waals surface area contributed by atoms with Crippen molar-refractivity contribution >= 4 is 0 Å². The summed E-state index contributed by atoms with van der Waals surface area (Å²) in [6.07, 6.45) is -1.24. The van der Waals surface area contributed by atoms with Crippen molar-refractivity contribution in [2.75, 3.05) is 13.2 Å². The van der Waals surface area contributed by atoms with Gasteiger partial charge in [-0.2, -0.15) is 4.91 Å². The molecule has 2 aliphatic rings. The minimum Gasteiger partial charge on any atom is -0.388 e. The fourth-order valence-corrected chi connectivity index (χ4v) is 1.55. The number of hydrogen-bond donors (Lipinski definition) is 1. The van der Waals surface area contributed by atoms with Gasteiger partial charge in [0.25, 0.3) is 0 Å². The van der Waals surface area contributed by atoms with Crippen molar-refractivity contribution in [3.63, 3.8) is 0 Å². The number of aliphatic hydroxyl groups excluding tert-OH is 1. The number of nitroso groups, excluding NO2 is 1. The number of aliphatic hydroxyl groups is 1. The van der Waals surface area contributed by atoms with Crippen molar-refractivity contribution in [1.29, 1.82) is 0 Å². The molecule has 0 radical (unpaired) electrons. The predicted molar refractivity (Wildman–Crippen MR) is 35.1 cm³/mol. The van der Waals surface area contributed by atoms with Crippen LogP contribution >= 0.6 is 0 Å². The van der Waals surface area contributed by atoms with Crippen LogP contribution in [0.5, 0.6) is 0 Å². The van der Waals surface area contributed by atoms with Crippen molar-refractivity contribution < 1.29 is 14.6 Å². The maximum absolute atomic E-state index is 10.2. The van der Waals surface area contributed by atoms with Crippen LogP contribution in [0, 0.1) is 4.91 Å². The quantitative estimate of drug-likeness (QED) is 0.512. The van der Waals surface area contributed by atoms with Crippen LogP contribution in [0.1, 0.15) is 0 Å². The first kappa shape index (κ1) is 7.15. The van der Waals surface area contributed by atoms with Crippen molar-refractivity contribution in [3.8, 4) is 0 Å². The molecule has 2 aliphatic heterocycles. The number of rotatable bonds is 1. The van der Waals surface area contributed by atoms with Crippen LogP contribution < -0.4 is 0 Å². The summed E-state index contributed by atoms with van der Waals surface area (Å²) in [4.78, 5) is 10.2. The van der Waals surface area contributed by atoms with E-state index in [1.54, 1.807) is 0 Å². The van der Waals surface area contributed by atoms with Gasteiger partial charge in [0.05, 0.1) is 13.2 Å². The standard InChI is InChI=1S/C6H9NO4/c8-4-2-11-5-3(7-9)1-10-6(4)5/h3-6,8H,1-2H2/t3?,4-,5-,6-/m1/s1. The Kier molecular flexibility index (Phi) is 1.63. The van der Waals surface area contributed by atoms with Gasteiger partial charge in [-0.1, -0.05) is 5.18 Å². The highest BCUT2D eigenvalue weighted by Gasteiger charge is 2.47. The molecule has 0 aromatic rings. The van der Waals surface area contributed by atoms with Crippen LogP contribution in [0.2, 0.25) is 0 Å². The minimum absolute atomic E-state index is 0.251. The van der Waals surface area contributed by atoms with Gasteiger partial charge in [0.15, 0.2) is 0 Å². The van der Waals surface area contributed by atoms with E-state index < -0.39 is 12.1 Å². The van der Waals surface area contributed by atoms with Crippen LogP contribution in [0.4, 0.5) is 0 Å². The fourth-order valence-electron chi connectivity index (χ4n) is 1.55. The smallest absolute Gasteiger partial charge is 0.144 e. The molecule has 0 bridgehead atoms. The third kappa shape index (κ3) is 0.962. The third-order valence-electron chi connectivity index (χ3n) is 2.14. The molecule has 1 unspecified atom stereocenters. The highest BCUT2D eigenvalue weighted by atomic mass is 16.6. The number of ether oxygens (including phenoxy) is 2. The maximum atomic E-state index is 10.2. The Hall–Kier alpha value is -0.520. The van der Waals surface area contributed by atoms with E-state index >= 15 is 0 Å². The van der Waals surface area contributed by atoms with Crippen LogP contribution in [0.3, 0.4) is 0 Å². The average Bonchev–Trinajstić information content (AvgIpc) is 2.53. The normalized spacial score (nSPS) is 49.2. The molecule has 2 rings (SSSR count). The molecule has 2 fully saturated rings. The molecule has 0 saturated carbocycles. The lowest BCUT2D eigenvalue weighted by Gasteiger charge is -2.08. The van der Waals surface area contributed by atoms with Crippen molar-refractivity contribution in [1.82, 2.24) is 0 Å². The number of nitrogens with zero attached hydrogens (tertiary/aromatic N) is 1. The Balaban J connectivity index is 2.10. The van der Waals surface area contributed by atoms with E-state index in [-0.39, 0.29) is 25.4 Å².